The van der Waals surface area contributed by atoms with Crippen LogP contribution in [-0.4, -0.2) is 159 Å². The Hall–Kier alpha value is -5.91. The molecule has 77 heavy (non-hydrogen) atoms. The number of aliphatic hydroxyl groups is 1. The molecule has 22 nitrogen and oxygen atoms in total. The van der Waals surface area contributed by atoms with Crippen molar-refractivity contribution in [1.82, 2.24) is 40.7 Å². The number of amides is 9. The smallest absolute Gasteiger partial charge is 0.312 e. The van der Waals surface area contributed by atoms with Crippen molar-refractivity contribution in [2.75, 3.05) is 52.3 Å². The van der Waals surface area contributed by atoms with E-state index in [0.717, 1.165) is 19.4 Å². The van der Waals surface area contributed by atoms with Gasteiger partial charge < -0.3 is 52.0 Å². The van der Waals surface area contributed by atoms with Gasteiger partial charge in [0.25, 0.3) is 15.9 Å². The molecule has 9 N–H and O–H groups in total. The lowest BCUT2D eigenvalue weighted by molar-refractivity contribution is -0.141. The van der Waals surface area contributed by atoms with Crippen LogP contribution < -0.4 is 37.0 Å². The minimum absolute atomic E-state index is 0.0221. The Morgan fingerprint density at radius 1 is 0.896 bits per heavy atom. The second kappa shape index (κ2) is 28.1. The minimum Gasteiger partial charge on any atom is -0.380 e. The molecule has 1 fully saturated rings. The molecule has 1 saturated heterocycles. The second-order valence-electron chi connectivity index (χ2n) is 23.8. The summed E-state index contributed by atoms with van der Waals surface area (Å²) in [6, 6.07) is 0.0211. The van der Waals surface area contributed by atoms with Gasteiger partial charge in [-0.3, -0.25) is 38.5 Å². The van der Waals surface area contributed by atoms with Crippen molar-refractivity contribution in [1.29, 1.82) is 0 Å². The van der Waals surface area contributed by atoms with Crippen LogP contribution in [0.2, 0.25) is 0 Å². The lowest BCUT2D eigenvalue weighted by atomic mass is 9.84. The normalized spacial score (nSPS) is 18.3. The molecule has 23 heteroatoms. The highest BCUT2D eigenvalue weighted by molar-refractivity contribution is 7.90. The largest absolute Gasteiger partial charge is 0.380 e. The second-order valence-corrected chi connectivity index (χ2v) is 25.5. The van der Waals surface area contributed by atoms with Crippen molar-refractivity contribution < 1.29 is 56.6 Å². The van der Waals surface area contributed by atoms with Crippen LogP contribution in [-0.2, 0) is 48.3 Å². The number of urea groups is 1. The van der Waals surface area contributed by atoms with Gasteiger partial charge in [0.1, 0.15) is 24.4 Å². The summed E-state index contributed by atoms with van der Waals surface area (Å²) < 4.78 is 35.2. The Morgan fingerprint density at radius 3 is 2.06 bits per heavy atom. The third-order valence-electron chi connectivity index (χ3n) is 13.5. The number of carbonyl (C=O) groups excluding carboxylic acids is 8. The zero-order valence-corrected chi connectivity index (χ0v) is 48.5. The van der Waals surface area contributed by atoms with Gasteiger partial charge >= 0.3 is 6.03 Å². The number of likely N-dealkylation sites (tertiary alicyclic amines) is 1. The van der Waals surface area contributed by atoms with Crippen molar-refractivity contribution >= 4 is 63.1 Å². The molecule has 0 radical (unpaired) electrons. The average Bonchev–Trinajstić information content (AvgIpc) is 3.62. The van der Waals surface area contributed by atoms with E-state index in [1.165, 1.54) is 59.2 Å². The molecule has 9 amide bonds. The molecule has 1 aromatic carbocycles. The van der Waals surface area contributed by atoms with Gasteiger partial charge in [0.05, 0.1) is 30.2 Å². The van der Waals surface area contributed by atoms with Gasteiger partial charge in [0, 0.05) is 49.3 Å². The van der Waals surface area contributed by atoms with E-state index in [-0.39, 0.29) is 91.4 Å². The van der Waals surface area contributed by atoms with Crippen LogP contribution in [0.25, 0.3) is 0 Å². The number of nitrogens with two attached hydrogens (primary N) is 1. The molecular formula is C54H88N10O12S. The van der Waals surface area contributed by atoms with E-state index in [2.05, 4.69) is 31.3 Å². The number of nitrogens with zero attached hydrogens (tertiary/aromatic N) is 3. The van der Waals surface area contributed by atoms with E-state index in [1.54, 1.807) is 20.9 Å². The lowest BCUT2D eigenvalue weighted by Crippen LogP contribution is -2.59. The Kier molecular flexibility index (Phi) is 23.9. The maximum Gasteiger partial charge on any atom is 0.312 e. The number of aliphatic hydroxyl groups excluding tert-OH is 1. The highest BCUT2D eigenvalue weighted by Gasteiger charge is 2.40. The number of carbonyl (C=O) groups is 8. The number of ether oxygens (including phenoxy) is 1. The van der Waals surface area contributed by atoms with Gasteiger partial charge in [0.2, 0.25) is 35.4 Å². The molecule has 2 aliphatic rings. The van der Waals surface area contributed by atoms with Crippen molar-refractivity contribution in [3.05, 3.63) is 48.1 Å². The number of nitrogens with one attached hydrogen (secondary N) is 6. The van der Waals surface area contributed by atoms with Gasteiger partial charge in [-0.25, -0.2) is 17.9 Å². The van der Waals surface area contributed by atoms with Gasteiger partial charge in [0.15, 0.2) is 0 Å². The first kappa shape index (κ1) is 65.4. The molecule has 0 aromatic heterocycles. The van der Waals surface area contributed by atoms with Crippen molar-refractivity contribution in [2.45, 2.75) is 163 Å². The summed E-state index contributed by atoms with van der Waals surface area (Å²) in [5.74, 6) is -4.24. The number of hydrogen-bond acceptors (Lipinski definition) is 13. The molecule has 0 aliphatic carbocycles. The Labute approximate surface area is 455 Å². The van der Waals surface area contributed by atoms with Gasteiger partial charge in [-0.05, 0) is 99.2 Å². The van der Waals surface area contributed by atoms with Crippen LogP contribution in [0.15, 0.2) is 53.0 Å². The number of anilines is 1. The molecule has 1 aromatic rings. The predicted molar refractivity (Wildman–Crippen MR) is 293 cm³/mol. The van der Waals surface area contributed by atoms with Crippen LogP contribution in [0, 0.1) is 28.1 Å². The molecule has 2 heterocycles. The van der Waals surface area contributed by atoms with E-state index < -0.39 is 92.2 Å². The number of hydrogen-bond donors (Lipinski definition) is 8. The van der Waals surface area contributed by atoms with Gasteiger partial charge in [-0.15, -0.1) is 0 Å². The first-order chi connectivity index (χ1) is 35.5. The topological polar surface area (TPSA) is 308 Å². The summed E-state index contributed by atoms with van der Waals surface area (Å²) in [5.41, 5.74) is 3.53. The van der Waals surface area contributed by atoms with Crippen molar-refractivity contribution in [3.63, 3.8) is 0 Å². The van der Waals surface area contributed by atoms with E-state index in [0.29, 0.717) is 6.42 Å². The Bertz CT molecular complexity index is 2430. The maximum atomic E-state index is 14.2. The number of benzene rings is 1. The van der Waals surface area contributed by atoms with Crippen LogP contribution in [0.1, 0.15) is 122 Å². The number of piperidine rings is 1. The van der Waals surface area contributed by atoms with Crippen molar-refractivity contribution in [3.8, 4) is 0 Å². The van der Waals surface area contributed by atoms with Crippen LogP contribution in [0.5, 0.6) is 0 Å². The fourth-order valence-corrected chi connectivity index (χ4v) is 10.0. The van der Waals surface area contributed by atoms with Crippen LogP contribution >= 0.6 is 0 Å². The third-order valence-corrected chi connectivity index (χ3v) is 14.8. The first-order valence-corrected chi connectivity index (χ1v) is 27.9. The lowest BCUT2D eigenvalue weighted by Gasteiger charge is -2.39. The highest BCUT2D eigenvalue weighted by Crippen LogP contribution is 2.28. The molecule has 2 aliphatic heterocycles. The van der Waals surface area contributed by atoms with Crippen molar-refractivity contribution in [2.24, 2.45) is 33.8 Å². The van der Waals surface area contributed by atoms with E-state index in [9.17, 15) is 51.9 Å². The quantitative estimate of drug-likeness (QED) is 0.0465. The molecule has 6 atom stereocenters. The van der Waals surface area contributed by atoms with Crippen LogP contribution in [0.4, 0.5) is 10.5 Å². The predicted octanol–water partition coefficient (Wildman–Crippen LogP) is 3.12. The summed E-state index contributed by atoms with van der Waals surface area (Å²) in [4.78, 5) is 110. The van der Waals surface area contributed by atoms with E-state index >= 15 is 0 Å². The summed E-state index contributed by atoms with van der Waals surface area (Å²) in [6.45, 7) is 23.2. The molecule has 1 unspecified atom stereocenters. The fourth-order valence-electron chi connectivity index (χ4n) is 9.01. The van der Waals surface area contributed by atoms with Gasteiger partial charge in [-0.2, -0.15) is 0 Å². The Morgan fingerprint density at radius 2 is 1.52 bits per heavy atom. The molecule has 0 saturated carbocycles. The minimum atomic E-state index is -4.47. The fraction of sp³-hybridized carbons (Fsp3) is 0.667. The molecule has 0 bridgehead atoms. The summed E-state index contributed by atoms with van der Waals surface area (Å²) in [7, 11) is -0.987. The number of sulfonamides is 1. The summed E-state index contributed by atoms with van der Waals surface area (Å²) >= 11 is 0. The monoisotopic (exact) mass is 1100 g/mol. The van der Waals surface area contributed by atoms with Gasteiger partial charge in [-0.1, -0.05) is 88.7 Å². The molecular weight excluding hydrogens is 1010 g/mol. The Balaban J connectivity index is 1.69. The molecule has 0 spiro atoms. The average molecular weight is 1100 g/mol. The van der Waals surface area contributed by atoms with E-state index in [1.807, 2.05) is 74.3 Å². The zero-order chi connectivity index (χ0) is 58.4. The zero-order valence-electron chi connectivity index (χ0n) is 47.7. The number of rotatable bonds is 27. The number of primary amides is 1. The standard InChI is InChI=1S/C54H88N10O12S/c1-33(2)40(63(14)50(72)45(52(6,7)8)60-48(70)39-19-15-16-27-62(39)13)28-35(5)46(68)61-77(74,75)37-22-20-36(21-23-37)57-47(69)38(18-17-26-56-51(55)73)58-49(71)44(34(3)4)59-41(65)29-53(9,10)31-76-32-54(11,12)30-64-42(66)24-25-43(64)67/h20-25,28,33-34,38-40,42,44-45,66H,15-19,26-27,29-32H2,1-14H3,(H,57,69)(H,58,71)(H,59,65)(H,60,70)(H,61,68)(H3,55,56,73)/b35-28+/t38-,39+,40+,42?,44-,45+/m0/s1. The third kappa shape index (κ3) is 20.4. The number of likely N-dealkylation sites (N-methyl/N-ethyl adjacent to an activating group) is 2. The summed E-state index contributed by atoms with van der Waals surface area (Å²) in [6.07, 6.45) is 6.05. The molecule has 3 rings (SSSR count). The first-order valence-electron chi connectivity index (χ1n) is 26.4. The summed E-state index contributed by atoms with van der Waals surface area (Å²) in [5, 5.41) is 23.7. The SMILES string of the molecule is C/C(=C\[C@H](C(C)C)N(C)C(=O)[C@@H](NC(=O)[C@H]1CCCCN1C)C(C)(C)C)C(=O)NS(=O)(=O)c1ccc(NC(=O)[C@H](CCCNC(N)=O)NC(=O)[C@@H](NC(=O)CC(C)(C)COCC(C)(C)CN2C(=O)C=CC2O)C(C)C)cc1. The highest BCUT2D eigenvalue weighted by atomic mass is 32.2. The maximum absolute atomic E-state index is 14.2. The molecule has 432 valence electrons. The van der Waals surface area contributed by atoms with Crippen LogP contribution in [0.3, 0.4) is 0 Å². The van der Waals surface area contributed by atoms with E-state index in [4.69, 9.17) is 10.5 Å².